The van der Waals surface area contributed by atoms with Crippen molar-refractivity contribution in [3.63, 3.8) is 0 Å². The number of aliphatic imine (C=N–C) groups is 1. The van der Waals surface area contributed by atoms with E-state index in [-0.39, 0.29) is 30.1 Å². The van der Waals surface area contributed by atoms with Gasteiger partial charge in [0.25, 0.3) is 0 Å². The zero-order valence-corrected chi connectivity index (χ0v) is 16.8. The molecule has 0 heterocycles. The maximum atomic E-state index is 12.2. The SMILES string of the molecule is CCCNC(=NC)NCCN(C(=O)OC(C)(C)C)C1CC1.I. The van der Waals surface area contributed by atoms with Gasteiger partial charge in [0.05, 0.1) is 0 Å². The van der Waals surface area contributed by atoms with Crippen LogP contribution in [0.15, 0.2) is 4.99 Å². The Balaban J connectivity index is 0.00000441. The molecule has 2 N–H and O–H groups in total. The molecule has 0 unspecified atom stereocenters. The van der Waals surface area contributed by atoms with Crippen LogP contribution >= 0.6 is 24.0 Å². The lowest BCUT2D eigenvalue weighted by Gasteiger charge is -2.27. The molecule has 1 fully saturated rings. The highest BCUT2D eigenvalue weighted by Crippen LogP contribution is 2.27. The average Bonchev–Trinajstić information content (AvgIpc) is 3.20. The van der Waals surface area contributed by atoms with Crippen molar-refractivity contribution in [2.24, 2.45) is 4.99 Å². The van der Waals surface area contributed by atoms with Crippen LogP contribution in [0.2, 0.25) is 0 Å². The molecule has 0 aromatic carbocycles. The first-order valence-electron chi connectivity index (χ1n) is 7.81. The molecule has 1 amide bonds. The molecule has 0 aromatic heterocycles. The van der Waals surface area contributed by atoms with Crippen LogP contribution in [-0.2, 0) is 4.74 Å². The van der Waals surface area contributed by atoms with Crippen LogP contribution in [-0.4, -0.2) is 55.3 Å². The number of rotatable bonds is 6. The number of hydrogen-bond acceptors (Lipinski definition) is 3. The van der Waals surface area contributed by atoms with Crippen LogP contribution in [0.4, 0.5) is 4.79 Å². The molecule has 7 heteroatoms. The lowest BCUT2D eigenvalue weighted by molar-refractivity contribution is 0.0238. The van der Waals surface area contributed by atoms with E-state index in [2.05, 4.69) is 22.5 Å². The maximum Gasteiger partial charge on any atom is 0.410 e. The second kappa shape index (κ2) is 10.1. The highest BCUT2D eigenvalue weighted by Gasteiger charge is 2.34. The van der Waals surface area contributed by atoms with E-state index >= 15 is 0 Å². The van der Waals surface area contributed by atoms with Crippen LogP contribution in [0.25, 0.3) is 0 Å². The van der Waals surface area contributed by atoms with Crippen LogP contribution in [0, 0.1) is 0 Å². The van der Waals surface area contributed by atoms with Crippen molar-refractivity contribution in [2.75, 3.05) is 26.7 Å². The largest absolute Gasteiger partial charge is 0.444 e. The molecule has 0 bridgehead atoms. The highest BCUT2D eigenvalue weighted by molar-refractivity contribution is 14.0. The van der Waals surface area contributed by atoms with Gasteiger partial charge < -0.3 is 20.3 Å². The molecule has 0 aromatic rings. The van der Waals surface area contributed by atoms with E-state index in [0.29, 0.717) is 19.1 Å². The van der Waals surface area contributed by atoms with Gasteiger partial charge in [-0.2, -0.15) is 0 Å². The minimum atomic E-state index is -0.448. The molecule has 6 nitrogen and oxygen atoms in total. The second-order valence-electron chi connectivity index (χ2n) is 6.33. The first kappa shape index (κ1) is 21.3. The summed E-state index contributed by atoms with van der Waals surface area (Å²) in [5, 5.41) is 6.43. The Labute approximate surface area is 151 Å². The van der Waals surface area contributed by atoms with Gasteiger partial charge >= 0.3 is 6.09 Å². The number of nitrogens with zero attached hydrogens (tertiary/aromatic N) is 2. The third-order valence-corrected chi connectivity index (χ3v) is 3.03. The summed E-state index contributed by atoms with van der Waals surface area (Å²) < 4.78 is 5.46. The van der Waals surface area contributed by atoms with Crippen molar-refractivity contribution in [3.8, 4) is 0 Å². The Morgan fingerprint density at radius 2 is 1.86 bits per heavy atom. The minimum Gasteiger partial charge on any atom is -0.444 e. The lowest BCUT2D eigenvalue weighted by Crippen LogP contribution is -2.45. The fourth-order valence-corrected chi connectivity index (χ4v) is 1.89. The topological polar surface area (TPSA) is 66.0 Å². The molecule has 130 valence electrons. The summed E-state index contributed by atoms with van der Waals surface area (Å²) >= 11 is 0. The van der Waals surface area contributed by atoms with E-state index in [1.807, 2.05) is 25.7 Å². The van der Waals surface area contributed by atoms with E-state index in [0.717, 1.165) is 31.8 Å². The Morgan fingerprint density at radius 1 is 1.27 bits per heavy atom. The zero-order chi connectivity index (χ0) is 15.9. The van der Waals surface area contributed by atoms with Gasteiger partial charge in [0.2, 0.25) is 0 Å². The molecule has 0 radical (unpaired) electrons. The number of hydrogen-bond donors (Lipinski definition) is 2. The van der Waals surface area contributed by atoms with Crippen molar-refractivity contribution >= 4 is 36.0 Å². The molecule has 1 saturated carbocycles. The van der Waals surface area contributed by atoms with Crippen molar-refractivity contribution in [1.82, 2.24) is 15.5 Å². The number of nitrogens with one attached hydrogen (secondary N) is 2. The molecule has 0 aliphatic heterocycles. The van der Waals surface area contributed by atoms with Crippen molar-refractivity contribution in [1.29, 1.82) is 0 Å². The van der Waals surface area contributed by atoms with Crippen LogP contribution in [0.1, 0.15) is 47.0 Å². The van der Waals surface area contributed by atoms with Gasteiger partial charge in [0.15, 0.2) is 5.96 Å². The van der Waals surface area contributed by atoms with Gasteiger partial charge in [0, 0.05) is 32.7 Å². The monoisotopic (exact) mass is 426 g/mol. The number of ether oxygens (including phenoxy) is 1. The molecular weight excluding hydrogens is 395 g/mol. The molecule has 1 aliphatic rings. The van der Waals surface area contributed by atoms with Crippen LogP contribution < -0.4 is 10.6 Å². The molecule has 1 aliphatic carbocycles. The van der Waals surface area contributed by atoms with Gasteiger partial charge in [-0.3, -0.25) is 4.99 Å². The van der Waals surface area contributed by atoms with E-state index < -0.39 is 5.60 Å². The minimum absolute atomic E-state index is 0. The summed E-state index contributed by atoms with van der Waals surface area (Å²) in [4.78, 5) is 18.2. The van der Waals surface area contributed by atoms with Crippen LogP contribution in [0.3, 0.4) is 0 Å². The van der Waals surface area contributed by atoms with Crippen molar-refractivity contribution in [2.45, 2.75) is 58.6 Å². The summed E-state index contributed by atoms with van der Waals surface area (Å²) in [5.74, 6) is 0.775. The Hall–Kier alpha value is -0.730. The van der Waals surface area contributed by atoms with E-state index in [9.17, 15) is 4.79 Å². The average molecular weight is 426 g/mol. The molecule has 1 rings (SSSR count). The lowest BCUT2D eigenvalue weighted by atomic mass is 10.2. The van der Waals surface area contributed by atoms with Crippen LogP contribution in [0.5, 0.6) is 0 Å². The Bertz CT molecular complexity index is 365. The van der Waals surface area contributed by atoms with Gasteiger partial charge in [-0.05, 0) is 40.0 Å². The fourth-order valence-electron chi connectivity index (χ4n) is 1.89. The summed E-state index contributed by atoms with van der Waals surface area (Å²) in [6.07, 6.45) is 2.97. The smallest absolute Gasteiger partial charge is 0.410 e. The fraction of sp³-hybridized carbons (Fsp3) is 0.867. The third-order valence-electron chi connectivity index (χ3n) is 3.03. The summed E-state index contributed by atoms with van der Waals surface area (Å²) in [5.41, 5.74) is -0.448. The molecule has 0 spiro atoms. The number of guanidine groups is 1. The predicted molar refractivity (Wildman–Crippen MR) is 101 cm³/mol. The van der Waals surface area contributed by atoms with E-state index in [4.69, 9.17) is 4.74 Å². The molecule has 22 heavy (non-hydrogen) atoms. The van der Waals surface area contributed by atoms with Gasteiger partial charge in [-0.25, -0.2) is 4.79 Å². The number of carbonyl (C=O) groups is 1. The van der Waals surface area contributed by atoms with Crippen molar-refractivity contribution < 1.29 is 9.53 Å². The Kier molecular flexibility index (Phi) is 9.79. The first-order chi connectivity index (χ1) is 9.87. The summed E-state index contributed by atoms with van der Waals surface area (Å²) in [7, 11) is 1.75. The quantitative estimate of drug-likeness (QED) is 0.389. The zero-order valence-electron chi connectivity index (χ0n) is 14.4. The molecule has 0 atom stereocenters. The van der Waals surface area contributed by atoms with E-state index in [1.54, 1.807) is 7.05 Å². The number of amides is 1. The first-order valence-corrected chi connectivity index (χ1v) is 7.81. The van der Waals surface area contributed by atoms with E-state index in [1.165, 1.54) is 0 Å². The van der Waals surface area contributed by atoms with Gasteiger partial charge in [-0.15, -0.1) is 24.0 Å². The standard InChI is InChI=1S/C15H30N4O2.HI/c1-6-9-17-13(16-5)18-10-11-19(12-7-8-12)14(20)21-15(2,3)4;/h12H,6-11H2,1-5H3,(H2,16,17,18);1H. The normalized spacial score (nSPS) is 14.9. The predicted octanol–water partition coefficient (Wildman–Crippen LogP) is 2.58. The highest BCUT2D eigenvalue weighted by atomic mass is 127. The summed E-state index contributed by atoms with van der Waals surface area (Å²) in [6.45, 7) is 9.97. The summed E-state index contributed by atoms with van der Waals surface area (Å²) in [6, 6.07) is 0.340. The Morgan fingerprint density at radius 3 is 2.32 bits per heavy atom. The number of carbonyl (C=O) groups excluding carboxylic acids is 1. The van der Waals surface area contributed by atoms with Crippen molar-refractivity contribution in [3.05, 3.63) is 0 Å². The third kappa shape index (κ3) is 8.65. The van der Waals surface area contributed by atoms with Gasteiger partial charge in [0.1, 0.15) is 5.60 Å². The second-order valence-corrected chi connectivity index (χ2v) is 6.33. The number of halogens is 1. The van der Waals surface area contributed by atoms with Gasteiger partial charge in [-0.1, -0.05) is 6.92 Å². The maximum absolute atomic E-state index is 12.2. The molecular formula is C15H31IN4O2. The molecule has 0 saturated heterocycles.